The third-order valence-electron chi connectivity index (χ3n) is 6.47. The van der Waals surface area contributed by atoms with Crippen LogP contribution in [0, 0.1) is 24.6 Å². The summed E-state index contributed by atoms with van der Waals surface area (Å²) in [5.41, 5.74) is 0.160. The Labute approximate surface area is 165 Å². The van der Waals surface area contributed by atoms with Gasteiger partial charge in [0.1, 0.15) is 10.7 Å². The Morgan fingerprint density at radius 1 is 1.29 bits per heavy atom. The maximum absolute atomic E-state index is 13.3. The largest absolute Gasteiger partial charge is 0.385 e. The van der Waals surface area contributed by atoms with Crippen LogP contribution in [0.4, 0.5) is 4.39 Å². The Bertz CT molecular complexity index is 973. The number of aromatic nitrogens is 2. The Kier molecular flexibility index (Phi) is 4.84. The van der Waals surface area contributed by atoms with E-state index in [9.17, 15) is 17.9 Å². The van der Waals surface area contributed by atoms with E-state index in [1.165, 1.54) is 22.6 Å². The summed E-state index contributed by atoms with van der Waals surface area (Å²) in [6.45, 7) is 4.95. The second-order valence-electron chi connectivity index (χ2n) is 7.92. The van der Waals surface area contributed by atoms with E-state index in [0.29, 0.717) is 30.8 Å². The molecule has 28 heavy (non-hydrogen) atoms. The minimum absolute atomic E-state index is 0.0834. The van der Waals surface area contributed by atoms with Crippen LogP contribution in [0.5, 0.6) is 0 Å². The van der Waals surface area contributed by atoms with Crippen molar-refractivity contribution in [1.29, 1.82) is 0 Å². The minimum Gasteiger partial charge on any atom is -0.385 e. The van der Waals surface area contributed by atoms with Crippen molar-refractivity contribution in [2.75, 3.05) is 13.1 Å². The van der Waals surface area contributed by atoms with E-state index in [4.69, 9.17) is 0 Å². The number of sulfonamides is 1. The first kappa shape index (κ1) is 19.5. The van der Waals surface area contributed by atoms with Gasteiger partial charge in [-0.05, 0) is 56.7 Å². The molecular weight excluding hydrogens is 381 g/mol. The van der Waals surface area contributed by atoms with Crippen molar-refractivity contribution in [1.82, 2.24) is 14.1 Å². The fourth-order valence-corrected chi connectivity index (χ4v) is 6.60. The SMILES string of the molecule is CCn1ncc(S(=O)(=O)N2C[C@@H]3CCC[C@](O)(c4ccc(F)cc4)[C@H]3C2)c1C. The maximum atomic E-state index is 13.3. The third kappa shape index (κ3) is 2.98. The van der Waals surface area contributed by atoms with Gasteiger partial charge in [-0.15, -0.1) is 0 Å². The lowest BCUT2D eigenvalue weighted by molar-refractivity contribution is -0.0641. The van der Waals surface area contributed by atoms with Gasteiger partial charge >= 0.3 is 0 Å². The maximum Gasteiger partial charge on any atom is 0.246 e. The second kappa shape index (κ2) is 6.93. The van der Waals surface area contributed by atoms with Crippen LogP contribution < -0.4 is 0 Å². The standard InChI is InChI=1S/C20H26FN3O3S/c1-3-24-14(2)19(11-22-24)28(26,27)23-12-15-5-4-10-20(25,18(15)13-23)16-6-8-17(21)9-7-16/h6-9,11,15,18,25H,3-5,10,12-13H2,1-2H3/t15-,18-,20-/m0/s1. The van der Waals surface area contributed by atoms with Crippen LogP contribution in [0.15, 0.2) is 35.4 Å². The molecule has 2 aromatic rings. The Morgan fingerprint density at radius 2 is 2.00 bits per heavy atom. The highest BCUT2D eigenvalue weighted by Crippen LogP contribution is 2.49. The summed E-state index contributed by atoms with van der Waals surface area (Å²) in [7, 11) is -3.68. The molecule has 1 saturated carbocycles. The van der Waals surface area contributed by atoms with Gasteiger partial charge in [-0.3, -0.25) is 4.68 Å². The molecule has 0 unspecified atom stereocenters. The highest BCUT2D eigenvalue weighted by Gasteiger charge is 2.52. The summed E-state index contributed by atoms with van der Waals surface area (Å²) in [5, 5.41) is 15.7. The third-order valence-corrected chi connectivity index (χ3v) is 8.41. The zero-order valence-electron chi connectivity index (χ0n) is 16.2. The first-order chi connectivity index (χ1) is 13.3. The van der Waals surface area contributed by atoms with E-state index in [1.54, 1.807) is 23.7 Å². The van der Waals surface area contributed by atoms with Crippen LogP contribution in [-0.4, -0.2) is 40.7 Å². The monoisotopic (exact) mass is 407 g/mol. The number of nitrogens with zero attached hydrogens (tertiary/aromatic N) is 3. The fourth-order valence-electron chi connectivity index (χ4n) is 4.92. The molecule has 6 nitrogen and oxygen atoms in total. The molecule has 1 aromatic carbocycles. The quantitative estimate of drug-likeness (QED) is 0.846. The van der Waals surface area contributed by atoms with Crippen molar-refractivity contribution in [3.8, 4) is 0 Å². The van der Waals surface area contributed by atoms with E-state index in [0.717, 1.165) is 12.8 Å². The summed E-state index contributed by atoms with van der Waals surface area (Å²) < 4.78 is 43.0. The highest BCUT2D eigenvalue weighted by atomic mass is 32.2. The lowest BCUT2D eigenvalue weighted by Gasteiger charge is -2.41. The predicted octanol–water partition coefficient (Wildman–Crippen LogP) is 2.66. The molecule has 8 heteroatoms. The van der Waals surface area contributed by atoms with Crippen molar-refractivity contribution < 1.29 is 17.9 Å². The van der Waals surface area contributed by atoms with E-state index in [-0.39, 0.29) is 29.1 Å². The summed E-state index contributed by atoms with van der Waals surface area (Å²) in [5.74, 6) is -0.470. The van der Waals surface area contributed by atoms with E-state index in [1.807, 2.05) is 6.92 Å². The topological polar surface area (TPSA) is 75.4 Å². The van der Waals surface area contributed by atoms with Gasteiger partial charge in [-0.1, -0.05) is 12.1 Å². The molecule has 4 rings (SSSR count). The van der Waals surface area contributed by atoms with Gasteiger partial charge in [0.25, 0.3) is 0 Å². The predicted molar refractivity (Wildman–Crippen MR) is 103 cm³/mol. The number of aliphatic hydroxyl groups is 1. The lowest BCUT2D eigenvalue weighted by atomic mass is 9.67. The van der Waals surface area contributed by atoms with E-state index >= 15 is 0 Å². The molecule has 1 aliphatic carbocycles. The molecule has 1 saturated heterocycles. The molecule has 1 aromatic heterocycles. The van der Waals surface area contributed by atoms with E-state index in [2.05, 4.69) is 5.10 Å². The number of fused-ring (bicyclic) bond motifs is 1. The molecule has 152 valence electrons. The van der Waals surface area contributed by atoms with Crippen LogP contribution in [0.2, 0.25) is 0 Å². The molecule has 2 aliphatic rings. The Balaban J connectivity index is 1.65. The Morgan fingerprint density at radius 3 is 2.64 bits per heavy atom. The van der Waals surface area contributed by atoms with Crippen molar-refractivity contribution in [3.63, 3.8) is 0 Å². The molecule has 0 radical (unpaired) electrons. The number of benzene rings is 1. The van der Waals surface area contributed by atoms with Crippen LogP contribution in [-0.2, 0) is 22.2 Å². The summed E-state index contributed by atoms with van der Waals surface area (Å²) >= 11 is 0. The lowest BCUT2D eigenvalue weighted by Crippen LogP contribution is -2.43. The fraction of sp³-hybridized carbons (Fsp3) is 0.550. The molecule has 1 aliphatic heterocycles. The molecular formula is C20H26FN3O3S. The number of rotatable bonds is 4. The van der Waals surface area contributed by atoms with Crippen molar-refractivity contribution in [2.24, 2.45) is 11.8 Å². The zero-order valence-corrected chi connectivity index (χ0v) is 17.0. The van der Waals surface area contributed by atoms with Gasteiger partial charge in [0.15, 0.2) is 0 Å². The summed E-state index contributed by atoms with van der Waals surface area (Å²) in [4.78, 5) is 0.235. The molecule has 0 bridgehead atoms. The van der Waals surface area contributed by atoms with Gasteiger partial charge in [0, 0.05) is 25.6 Å². The average Bonchev–Trinajstić information content (AvgIpc) is 3.27. The van der Waals surface area contributed by atoms with Crippen LogP contribution in [0.3, 0.4) is 0 Å². The summed E-state index contributed by atoms with van der Waals surface area (Å²) in [6.07, 6.45) is 3.67. The van der Waals surface area contributed by atoms with Gasteiger partial charge < -0.3 is 5.11 Å². The minimum atomic E-state index is -3.68. The van der Waals surface area contributed by atoms with Crippen LogP contribution in [0.25, 0.3) is 0 Å². The van der Waals surface area contributed by atoms with Gasteiger partial charge in [-0.2, -0.15) is 9.40 Å². The van der Waals surface area contributed by atoms with Gasteiger partial charge in [0.2, 0.25) is 10.0 Å². The normalized spacial score (nSPS) is 28.4. The number of halogens is 1. The number of hydrogen-bond acceptors (Lipinski definition) is 4. The zero-order chi connectivity index (χ0) is 20.1. The molecule has 2 heterocycles. The molecule has 0 amide bonds. The summed E-state index contributed by atoms with van der Waals surface area (Å²) in [6, 6.07) is 5.93. The highest BCUT2D eigenvalue weighted by molar-refractivity contribution is 7.89. The van der Waals surface area contributed by atoms with Crippen molar-refractivity contribution in [2.45, 2.75) is 50.2 Å². The average molecular weight is 408 g/mol. The smallest absolute Gasteiger partial charge is 0.246 e. The first-order valence-corrected chi connectivity index (χ1v) is 11.2. The van der Waals surface area contributed by atoms with Crippen LogP contribution in [0.1, 0.15) is 37.4 Å². The number of hydrogen-bond donors (Lipinski definition) is 1. The molecule has 2 fully saturated rings. The van der Waals surface area contributed by atoms with Crippen LogP contribution >= 0.6 is 0 Å². The molecule has 0 spiro atoms. The molecule has 3 atom stereocenters. The molecule has 1 N–H and O–H groups in total. The number of aryl methyl sites for hydroxylation is 1. The Hall–Kier alpha value is -1.77. The van der Waals surface area contributed by atoms with E-state index < -0.39 is 15.6 Å². The van der Waals surface area contributed by atoms with Crippen molar-refractivity contribution >= 4 is 10.0 Å². The van der Waals surface area contributed by atoms with Gasteiger partial charge in [0.05, 0.1) is 17.5 Å². The first-order valence-electron chi connectivity index (χ1n) is 9.78. The van der Waals surface area contributed by atoms with Crippen molar-refractivity contribution in [3.05, 3.63) is 47.5 Å². The second-order valence-corrected chi connectivity index (χ2v) is 9.83. The van der Waals surface area contributed by atoms with Gasteiger partial charge in [-0.25, -0.2) is 12.8 Å².